The normalized spacial score (nSPS) is 20.0. The predicted octanol–water partition coefficient (Wildman–Crippen LogP) is 2.84. The van der Waals surface area contributed by atoms with Crippen LogP contribution in [-0.4, -0.2) is 29.2 Å². The first-order valence-electron chi connectivity index (χ1n) is 6.86. The Bertz CT molecular complexity index is 472. The molecule has 1 heterocycles. The van der Waals surface area contributed by atoms with Crippen LogP contribution in [0.25, 0.3) is 0 Å². The number of nitrogens with zero attached hydrogens (tertiary/aromatic N) is 1. The summed E-state index contributed by atoms with van der Waals surface area (Å²) < 4.78 is 0. The van der Waals surface area contributed by atoms with Gasteiger partial charge < -0.3 is 5.11 Å². The van der Waals surface area contributed by atoms with Crippen LogP contribution in [-0.2, 0) is 0 Å². The van der Waals surface area contributed by atoms with Crippen molar-refractivity contribution in [1.29, 1.82) is 0 Å². The van der Waals surface area contributed by atoms with Gasteiger partial charge in [-0.2, -0.15) is 0 Å². The van der Waals surface area contributed by atoms with Crippen LogP contribution in [0.2, 0.25) is 0 Å². The molecule has 2 heteroatoms. The molecule has 0 aliphatic carbocycles. The molecule has 0 aromatic heterocycles. The van der Waals surface area contributed by atoms with E-state index in [-0.39, 0.29) is 12.1 Å². The van der Waals surface area contributed by atoms with E-state index in [2.05, 4.69) is 53.4 Å². The maximum absolute atomic E-state index is 9.80. The van der Waals surface area contributed by atoms with Gasteiger partial charge in [-0.15, -0.1) is 0 Å². The van der Waals surface area contributed by atoms with E-state index in [9.17, 15) is 5.11 Å². The zero-order valence-corrected chi connectivity index (χ0v) is 10.9. The summed E-state index contributed by atoms with van der Waals surface area (Å²) in [4.78, 5) is 2.37. The second-order valence-electron chi connectivity index (χ2n) is 5.16. The van der Waals surface area contributed by atoms with Gasteiger partial charge in [-0.3, -0.25) is 4.90 Å². The maximum atomic E-state index is 9.80. The zero-order chi connectivity index (χ0) is 13.1. The summed E-state index contributed by atoms with van der Waals surface area (Å²) in [7, 11) is 0. The quantitative estimate of drug-likeness (QED) is 0.909. The third-order valence-electron chi connectivity index (χ3n) is 3.79. The van der Waals surface area contributed by atoms with Crippen LogP contribution >= 0.6 is 0 Å². The minimum Gasteiger partial charge on any atom is -0.392 e. The molecular weight excluding hydrogens is 234 g/mol. The average Bonchev–Trinajstić information content (AvgIpc) is 2.88. The Morgan fingerprint density at radius 2 is 1.42 bits per heavy atom. The fourth-order valence-electron chi connectivity index (χ4n) is 2.89. The molecule has 2 nitrogen and oxygen atoms in total. The van der Waals surface area contributed by atoms with Gasteiger partial charge in [-0.05, 0) is 17.5 Å². The third-order valence-corrected chi connectivity index (χ3v) is 3.79. The molecule has 1 unspecified atom stereocenters. The van der Waals surface area contributed by atoms with Gasteiger partial charge in [0.2, 0.25) is 0 Å². The molecule has 98 valence electrons. The van der Waals surface area contributed by atoms with Crippen molar-refractivity contribution in [2.75, 3.05) is 13.1 Å². The lowest BCUT2D eigenvalue weighted by atomic mass is 9.97. The highest BCUT2D eigenvalue weighted by Crippen LogP contribution is 2.31. The Morgan fingerprint density at radius 1 is 0.895 bits per heavy atom. The maximum Gasteiger partial charge on any atom is 0.0679 e. The van der Waals surface area contributed by atoms with Crippen LogP contribution in [0.15, 0.2) is 60.7 Å². The van der Waals surface area contributed by atoms with Gasteiger partial charge >= 0.3 is 0 Å². The molecule has 1 N–H and O–H groups in total. The molecule has 1 aliphatic rings. The second kappa shape index (κ2) is 5.55. The first-order chi connectivity index (χ1) is 9.34. The lowest BCUT2D eigenvalue weighted by Gasteiger charge is -2.28. The van der Waals surface area contributed by atoms with E-state index in [0.29, 0.717) is 0 Å². The van der Waals surface area contributed by atoms with Crippen LogP contribution in [0.4, 0.5) is 0 Å². The summed E-state index contributed by atoms with van der Waals surface area (Å²) in [5, 5.41) is 9.80. The summed E-state index contributed by atoms with van der Waals surface area (Å²) >= 11 is 0. The number of aliphatic hydroxyl groups is 1. The Morgan fingerprint density at radius 3 is 1.84 bits per heavy atom. The molecule has 19 heavy (non-hydrogen) atoms. The van der Waals surface area contributed by atoms with Crippen LogP contribution < -0.4 is 0 Å². The van der Waals surface area contributed by atoms with Crippen molar-refractivity contribution < 1.29 is 5.11 Å². The highest BCUT2D eigenvalue weighted by molar-refractivity contribution is 5.32. The molecule has 0 saturated carbocycles. The second-order valence-corrected chi connectivity index (χ2v) is 5.16. The van der Waals surface area contributed by atoms with Crippen LogP contribution in [0.1, 0.15) is 23.6 Å². The minimum absolute atomic E-state index is 0.185. The van der Waals surface area contributed by atoms with Gasteiger partial charge in [0.15, 0.2) is 0 Å². The summed E-state index contributed by atoms with van der Waals surface area (Å²) in [5.41, 5.74) is 2.59. The minimum atomic E-state index is -0.185. The number of hydrogen-bond donors (Lipinski definition) is 1. The van der Waals surface area contributed by atoms with E-state index < -0.39 is 0 Å². The first-order valence-corrected chi connectivity index (χ1v) is 6.86. The summed E-state index contributed by atoms with van der Waals surface area (Å²) in [5.74, 6) is 0. The lowest BCUT2D eigenvalue weighted by Crippen LogP contribution is -2.28. The Labute approximate surface area is 114 Å². The molecule has 0 radical (unpaired) electrons. The average molecular weight is 253 g/mol. The van der Waals surface area contributed by atoms with Gasteiger partial charge in [-0.25, -0.2) is 0 Å². The molecular formula is C17H19NO. The largest absolute Gasteiger partial charge is 0.392 e. The number of β-amino-alcohol motifs (C(OH)–C–C–N with tert-alkyl or cyclic N) is 1. The van der Waals surface area contributed by atoms with E-state index in [1.807, 2.05) is 12.1 Å². The molecule has 0 spiro atoms. The first kappa shape index (κ1) is 12.4. The number of likely N-dealkylation sites (tertiary alicyclic amines) is 1. The van der Waals surface area contributed by atoms with Gasteiger partial charge in [-0.1, -0.05) is 60.7 Å². The van der Waals surface area contributed by atoms with Crippen molar-refractivity contribution in [3.05, 3.63) is 71.8 Å². The van der Waals surface area contributed by atoms with E-state index >= 15 is 0 Å². The topological polar surface area (TPSA) is 23.5 Å². The molecule has 2 aromatic rings. The van der Waals surface area contributed by atoms with Crippen molar-refractivity contribution in [2.45, 2.75) is 18.6 Å². The SMILES string of the molecule is OC1CCN(C(c2ccccc2)c2ccccc2)C1. The summed E-state index contributed by atoms with van der Waals surface area (Å²) in [6.07, 6.45) is 0.686. The number of hydrogen-bond acceptors (Lipinski definition) is 2. The molecule has 0 amide bonds. The Kier molecular flexibility index (Phi) is 3.62. The Balaban J connectivity index is 1.97. The molecule has 3 rings (SSSR count). The predicted molar refractivity (Wildman–Crippen MR) is 76.9 cm³/mol. The van der Waals surface area contributed by atoms with E-state index in [1.165, 1.54) is 11.1 Å². The zero-order valence-electron chi connectivity index (χ0n) is 10.9. The molecule has 1 fully saturated rings. The fraction of sp³-hybridized carbons (Fsp3) is 0.294. The number of benzene rings is 2. The van der Waals surface area contributed by atoms with E-state index in [4.69, 9.17) is 0 Å². The van der Waals surface area contributed by atoms with Gasteiger partial charge in [0, 0.05) is 13.1 Å². The molecule has 0 bridgehead atoms. The molecule has 1 atom stereocenters. The van der Waals surface area contributed by atoms with Crippen LogP contribution in [0.5, 0.6) is 0 Å². The lowest BCUT2D eigenvalue weighted by molar-refractivity contribution is 0.167. The standard InChI is InChI=1S/C17H19NO/c19-16-11-12-18(13-16)17(14-7-3-1-4-8-14)15-9-5-2-6-10-15/h1-10,16-17,19H,11-13H2. The van der Waals surface area contributed by atoms with Crippen molar-refractivity contribution in [2.24, 2.45) is 0 Å². The van der Waals surface area contributed by atoms with Crippen LogP contribution in [0.3, 0.4) is 0 Å². The summed E-state index contributed by atoms with van der Waals surface area (Å²) in [6, 6.07) is 21.3. The van der Waals surface area contributed by atoms with E-state index in [0.717, 1.165) is 19.5 Å². The van der Waals surface area contributed by atoms with Gasteiger partial charge in [0.25, 0.3) is 0 Å². The van der Waals surface area contributed by atoms with Crippen molar-refractivity contribution in [3.63, 3.8) is 0 Å². The Hall–Kier alpha value is -1.64. The third kappa shape index (κ3) is 2.70. The van der Waals surface area contributed by atoms with Crippen molar-refractivity contribution in [1.82, 2.24) is 4.90 Å². The van der Waals surface area contributed by atoms with E-state index in [1.54, 1.807) is 0 Å². The fourth-order valence-corrected chi connectivity index (χ4v) is 2.89. The number of rotatable bonds is 3. The smallest absolute Gasteiger partial charge is 0.0679 e. The highest BCUT2D eigenvalue weighted by atomic mass is 16.3. The van der Waals surface area contributed by atoms with Crippen molar-refractivity contribution in [3.8, 4) is 0 Å². The molecule has 1 aliphatic heterocycles. The van der Waals surface area contributed by atoms with Gasteiger partial charge in [0.05, 0.1) is 12.1 Å². The highest BCUT2D eigenvalue weighted by Gasteiger charge is 2.28. The molecule has 1 saturated heterocycles. The van der Waals surface area contributed by atoms with Crippen molar-refractivity contribution >= 4 is 0 Å². The summed E-state index contributed by atoms with van der Waals surface area (Å²) in [6.45, 7) is 1.71. The van der Waals surface area contributed by atoms with Gasteiger partial charge in [0.1, 0.15) is 0 Å². The monoisotopic (exact) mass is 253 g/mol. The van der Waals surface area contributed by atoms with Crippen LogP contribution in [0, 0.1) is 0 Å². The number of aliphatic hydroxyl groups excluding tert-OH is 1. The molecule has 2 aromatic carbocycles.